The van der Waals surface area contributed by atoms with Crippen molar-refractivity contribution >= 4 is 17.2 Å². The maximum atomic E-state index is 12.8. The number of benzene rings is 1. The molecule has 1 saturated heterocycles. The number of aryl methyl sites for hydroxylation is 1. The number of ether oxygens (including phenoxy) is 1. The van der Waals surface area contributed by atoms with Crippen LogP contribution in [0, 0.1) is 0 Å². The van der Waals surface area contributed by atoms with E-state index in [1.807, 2.05) is 46.0 Å². The maximum Gasteiger partial charge on any atom is 0.227 e. The molecule has 0 radical (unpaired) electrons. The second-order valence-electron chi connectivity index (χ2n) is 6.54. The highest BCUT2D eigenvalue weighted by molar-refractivity contribution is 7.08. The van der Waals surface area contributed by atoms with Crippen LogP contribution in [0.3, 0.4) is 0 Å². The number of nitrogens with zero attached hydrogens (tertiary/aromatic N) is 3. The van der Waals surface area contributed by atoms with Crippen LogP contribution in [0.15, 0.2) is 45.6 Å². The third-order valence-electron chi connectivity index (χ3n) is 4.87. The lowest BCUT2D eigenvalue weighted by molar-refractivity contribution is -0.132. The number of likely N-dealkylation sites (tertiary alicyclic amines) is 1. The van der Waals surface area contributed by atoms with Crippen LogP contribution >= 0.6 is 11.3 Å². The van der Waals surface area contributed by atoms with Crippen molar-refractivity contribution in [3.05, 3.63) is 52.5 Å². The van der Waals surface area contributed by atoms with Crippen LogP contribution in [0.2, 0.25) is 0 Å². The Morgan fingerprint density at radius 2 is 2.19 bits per heavy atom. The molecule has 0 spiro atoms. The van der Waals surface area contributed by atoms with Crippen molar-refractivity contribution < 1.29 is 14.1 Å². The van der Waals surface area contributed by atoms with Gasteiger partial charge in [-0.15, -0.1) is 0 Å². The fourth-order valence-electron chi connectivity index (χ4n) is 3.46. The van der Waals surface area contributed by atoms with Gasteiger partial charge < -0.3 is 14.2 Å². The molecular weight excluding hydrogens is 362 g/mol. The molecule has 1 fully saturated rings. The predicted molar refractivity (Wildman–Crippen MR) is 103 cm³/mol. The van der Waals surface area contributed by atoms with Crippen molar-refractivity contribution in [1.82, 2.24) is 15.0 Å². The summed E-state index contributed by atoms with van der Waals surface area (Å²) in [4.78, 5) is 19.1. The van der Waals surface area contributed by atoms with Gasteiger partial charge in [0.05, 0.1) is 13.2 Å². The number of aromatic nitrogens is 2. The zero-order valence-electron chi connectivity index (χ0n) is 15.1. The summed E-state index contributed by atoms with van der Waals surface area (Å²) < 4.78 is 10.5. The first-order chi connectivity index (χ1) is 13.2. The Bertz CT molecular complexity index is 890. The first-order valence-electron chi connectivity index (χ1n) is 9.03. The van der Waals surface area contributed by atoms with Crippen molar-refractivity contribution in [2.45, 2.75) is 31.7 Å². The van der Waals surface area contributed by atoms with Crippen molar-refractivity contribution in [3.8, 4) is 17.1 Å². The Hall–Kier alpha value is -2.67. The third kappa shape index (κ3) is 3.88. The molecule has 3 aromatic rings. The number of carbonyl (C=O) groups excluding carboxylic acids is 1. The molecule has 6 nitrogen and oxygen atoms in total. The smallest absolute Gasteiger partial charge is 0.227 e. The van der Waals surface area contributed by atoms with Crippen LogP contribution in [0.25, 0.3) is 11.4 Å². The molecule has 1 atom stereocenters. The van der Waals surface area contributed by atoms with Gasteiger partial charge in [-0.2, -0.15) is 16.3 Å². The van der Waals surface area contributed by atoms with E-state index in [1.54, 1.807) is 18.4 Å². The fourth-order valence-corrected chi connectivity index (χ4v) is 4.10. The van der Waals surface area contributed by atoms with E-state index < -0.39 is 0 Å². The van der Waals surface area contributed by atoms with E-state index in [-0.39, 0.29) is 11.9 Å². The predicted octanol–water partition coefficient (Wildman–Crippen LogP) is 4.10. The average Bonchev–Trinajstić information content (AvgIpc) is 3.47. The van der Waals surface area contributed by atoms with E-state index in [0.29, 0.717) is 24.6 Å². The number of methoxy groups -OCH3 is 1. The molecule has 2 aromatic heterocycles. The molecule has 7 heteroatoms. The maximum absolute atomic E-state index is 12.8. The summed E-state index contributed by atoms with van der Waals surface area (Å²) in [6.07, 6.45) is 2.84. The molecule has 27 heavy (non-hydrogen) atoms. The Morgan fingerprint density at radius 3 is 2.93 bits per heavy atom. The normalized spacial score (nSPS) is 16.6. The van der Waals surface area contributed by atoms with E-state index in [9.17, 15) is 4.79 Å². The van der Waals surface area contributed by atoms with E-state index in [0.717, 1.165) is 36.3 Å². The van der Waals surface area contributed by atoms with Gasteiger partial charge in [0.1, 0.15) is 5.75 Å². The number of hydrogen-bond donors (Lipinski definition) is 0. The molecular formula is C20H21N3O3S. The van der Waals surface area contributed by atoms with Gasteiger partial charge in [-0.3, -0.25) is 4.79 Å². The molecule has 4 rings (SSSR count). The highest BCUT2D eigenvalue weighted by Crippen LogP contribution is 2.33. The Morgan fingerprint density at radius 1 is 1.33 bits per heavy atom. The van der Waals surface area contributed by atoms with Gasteiger partial charge in [0.15, 0.2) is 0 Å². The highest BCUT2D eigenvalue weighted by atomic mass is 32.1. The Kier molecular flexibility index (Phi) is 5.20. The van der Waals surface area contributed by atoms with Crippen molar-refractivity contribution in [1.29, 1.82) is 0 Å². The molecule has 1 aliphatic rings. The summed E-state index contributed by atoms with van der Waals surface area (Å²) in [5.74, 6) is 2.04. The van der Waals surface area contributed by atoms with Crippen LogP contribution in [0.5, 0.6) is 5.75 Å². The van der Waals surface area contributed by atoms with Gasteiger partial charge in [0.2, 0.25) is 17.6 Å². The minimum atomic E-state index is 0.128. The van der Waals surface area contributed by atoms with Gasteiger partial charge in [0.25, 0.3) is 0 Å². The SMILES string of the molecule is COc1ccc([C@H]2CCCN2C(=O)CCc2nc(-c3ccsc3)no2)cc1. The van der Waals surface area contributed by atoms with E-state index in [1.165, 1.54) is 0 Å². The van der Waals surface area contributed by atoms with Gasteiger partial charge in [-0.1, -0.05) is 17.3 Å². The summed E-state index contributed by atoms with van der Waals surface area (Å²) in [6.45, 7) is 0.791. The molecule has 1 amide bonds. The van der Waals surface area contributed by atoms with Gasteiger partial charge in [0, 0.05) is 30.3 Å². The number of thiophene rings is 1. The highest BCUT2D eigenvalue weighted by Gasteiger charge is 2.29. The summed E-state index contributed by atoms with van der Waals surface area (Å²) in [5, 5.41) is 7.95. The molecule has 0 aliphatic carbocycles. The quantitative estimate of drug-likeness (QED) is 0.641. The van der Waals surface area contributed by atoms with Crippen LogP contribution < -0.4 is 4.74 Å². The summed E-state index contributed by atoms with van der Waals surface area (Å²) >= 11 is 1.59. The van der Waals surface area contributed by atoms with Gasteiger partial charge in [-0.25, -0.2) is 0 Å². The first kappa shape index (κ1) is 17.7. The van der Waals surface area contributed by atoms with Crippen molar-refractivity contribution in [2.24, 2.45) is 0 Å². The molecule has 0 N–H and O–H groups in total. The number of hydrogen-bond acceptors (Lipinski definition) is 6. The summed E-state index contributed by atoms with van der Waals surface area (Å²) in [6, 6.07) is 10.1. The number of carbonyl (C=O) groups is 1. The zero-order valence-corrected chi connectivity index (χ0v) is 15.9. The van der Waals surface area contributed by atoms with Crippen molar-refractivity contribution in [2.75, 3.05) is 13.7 Å². The molecule has 1 aliphatic heterocycles. The van der Waals surface area contributed by atoms with Crippen LogP contribution in [-0.4, -0.2) is 34.6 Å². The molecule has 0 unspecified atom stereocenters. The standard InChI is InChI=1S/C20H21N3O3S/c1-25-16-6-4-14(5-7-16)17-3-2-11-23(17)19(24)9-8-18-21-20(22-26-18)15-10-12-27-13-15/h4-7,10,12-13,17H,2-3,8-9,11H2,1H3/t17-/m1/s1. The van der Waals surface area contributed by atoms with Gasteiger partial charge >= 0.3 is 0 Å². The molecule has 0 saturated carbocycles. The minimum absolute atomic E-state index is 0.128. The first-order valence-corrected chi connectivity index (χ1v) is 9.97. The van der Waals surface area contributed by atoms with E-state index in [4.69, 9.17) is 9.26 Å². The van der Waals surface area contributed by atoms with Crippen LogP contribution in [0.1, 0.15) is 36.8 Å². The number of amides is 1. The summed E-state index contributed by atoms with van der Waals surface area (Å²) in [7, 11) is 1.65. The van der Waals surface area contributed by atoms with Crippen molar-refractivity contribution in [3.63, 3.8) is 0 Å². The monoisotopic (exact) mass is 383 g/mol. The lowest BCUT2D eigenvalue weighted by Crippen LogP contribution is -2.30. The van der Waals surface area contributed by atoms with Crippen LogP contribution in [0.4, 0.5) is 0 Å². The van der Waals surface area contributed by atoms with E-state index >= 15 is 0 Å². The second-order valence-corrected chi connectivity index (χ2v) is 7.32. The van der Waals surface area contributed by atoms with E-state index in [2.05, 4.69) is 10.1 Å². The topological polar surface area (TPSA) is 68.5 Å². The minimum Gasteiger partial charge on any atom is -0.497 e. The lowest BCUT2D eigenvalue weighted by atomic mass is 10.0. The summed E-state index contributed by atoms with van der Waals surface area (Å²) in [5.41, 5.74) is 2.10. The van der Waals surface area contributed by atoms with Crippen LogP contribution in [-0.2, 0) is 11.2 Å². The third-order valence-corrected chi connectivity index (χ3v) is 5.56. The molecule has 140 valence electrons. The Labute approximate surface area is 161 Å². The fraction of sp³-hybridized carbons (Fsp3) is 0.350. The molecule has 3 heterocycles. The zero-order chi connectivity index (χ0) is 18.6. The number of rotatable bonds is 6. The largest absolute Gasteiger partial charge is 0.497 e. The Balaban J connectivity index is 1.38. The molecule has 0 bridgehead atoms. The van der Waals surface area contributed by atoms with Gasteiger partial charge in [-0.05, 0) is 42.0 Å². The average molecular weight is 383 g/mol. The lowest BCUT2D eigenvalue weighted by Gasteiger charge is -2.25. The molecule has 1 aromatic carbocycles. The second kappa shape index (κ2) is 7.92.